The molecule has 1 amide bonds. The molecule has 2 aliphatic rings. The summed E-state index contributed by atoms with van der Waals surface area (Å²) in [7, 11) is 1.58. The number of ether oxygens (including phenoxy) is 3. The summed E-state index contributed by atoms with van der Waals surface area (Å²) in [6.45, 7) is 1.28. The van der Waals surface area contributed by atoms with E-state index in [0.717, 1.165) is 41.2 Å². The molecule has 0 radical (unpaired) electrons. The number of fused-ring (bicyclic) bond motifs is 2. The van der Waals surface area contributed by atoms with Crippen molar-refractivity contribution in [3.63, 3.8) is 0 Å². The second kappa shape index (κ2) is 5.50. The van der Waals surface area contributed by atoms with Gasteiger partial charge in [-0.15, -0.1) is 0 Å². The average Bonchev–Trinajstić information content (AvgIpc) is 3.23. The lowest BCUT2D eigenvalue weighted by molar-refractivity contribution is 0.102. The van der Waals surface area contributed by atoms with Crippen molar-refractivity contribution in [1.29, 1.82) is 0 Å². The Bertz CT molecular complexity index is 753. The van der Waals surface area contributed by atoms with Crippen molar-refractivity contribution >= 4 is 11.6 Å². The maximum atomic E-state index is 12.6. The van der Waals surface area contributed by atoms with Crippen molar-refractivity contribution in [2.45, 2.75) is 12.8 Å². The molecule has 2 aliphatic heterocycles. The number of hydrogen-bond acceptors (Lipinski definition) is 4. The van der Waals surface area contributed by atoms with Crippen LogP contribution in [0, 0.1) is 0 Å². The predicted octanol–water partition coefficient (Wildman–Crippen LogP) is 2.82. The molecular weight excluding hydrogens is 294 g/mol. The summed E-state index contributed by atoms with van der Waals surface area (Å²) in [6.07, 6.45) is 1.62. The van der Waals surface area contributed by atoms with E-state index in [1.54, 1.807) is 25.3 Å². The minimum absolute atomic E-state index is 0.179. The largest absolute Gasteiger partial charge is 0.497 e. The summed E-state index contributed by atoms with van der Waals surface area (Å²) in [4.78, 5) is 12.6. The smallest absolute Gasteiger partial charge is 0.255 e. The number of carbonyl (C=O) groups is 1. The first kappa shape index (κ1) is 13.9. The normalized spacial score (nSPS) is 14.5. The highest BCUT2D eigenvalue weighted by molar-refractivity contribution is 6.06. The molecule has 0 atom stereocenters. The van der Waals surface area contributed by atoms with Crippen LogP contribution in [-0.2, 0) is 12.8 Å². The van der Waals surface area contributed by atoms with Gasteiger partial charge in [0.15, 0.2) is 0 Å². The second-order valence-electron chi connectivity index (χ2n) is 5.60. The lowest BCUT2D eigenvalue weighted by Crippen LogP contribution is -2.14. The molecule has 2 aromatic carbocycles. The Morgan fingerprint density at radius 1 is 1.17 bits per heavy atom. The molecule has 4 rings (SSSR count). The van der Waals surface area contributed by atoms with Gasteiger partial charge in [-0.1, -0.05) is 6.07 Å². The van der Waals surface area contributed by atoms with E-state index >= 15 is 0 Å². The molecule has 0 aliphatic carbocycles. The molecule has 0 bridgehead atoms. The lowest BCUT2D eigenvalue weighted by atomic mass is 10.0. The fourth-order valence-corrected chi connectivity index (χ4v) is 3.07. The molecular formula is C18H17NO4. The Kier molecular flexibility index (Phi) is 3.33. The molecule has 23 heavy (non-hydrogen) atoms. The molecule has 118 valence electrons. The minimum atomic E-state index is -0.179. The zero-order chi connectivity index (χ0) is 15.8. The Morgan fingerprint density at radius 2 is 2.04 bits per heavy atom. The fraction of sp³-hybridized carbons (Fsp3) is 0.278. The van der Waals surface area contributed by atoms with Crippen molar-refractivity contribution < 1.29 is 19.0 Å². The van der Waals surface area contributed by atoms with Crippen LogP contribution in [0.5, 0.6) is 17.2 Å². The molecule has 2 aromatic rings. The van der Waals surface area contributed by atoms with E-state index in [-0.39, 0.29) is 5.91 Å². The molecule has 0 aromatic heterocycles. The van der Waals surface area contributed by atoms with E-state index in [4.69, 9.17) is 14.2 Å². The Balaban J connectivity index is 1.70. The number of benzene rings is 2. The van der Waals surface area contributed by atoms with Crippen LogP contribution in [0.3, 0.4) is 0 Å². The Labute approximate surface area is 134 Å². The van der Waals surface area contributed by atoms with Gasteiger partial charge in [-0.05, 0) is 24.3 Å². The number of amides is 1. The molecule has 0 saturated heterocycles. The fourth-order valence-electron chi connectivity index (χ4n) is 3.07. The van der Waals surface area contributed by atoms with Crippen LogP contribution < -0.4 is 19.5 Å². The molecule has 0 unspecified atom stereocenters. The molecule has 0 spiro atoms. The SMILES string of the molecule is COc1cccc(C(=O)Nc2c3c(cc4c2OCC4)OCC3)c1. The molecule has 0 fully saturated rings. The monoisotopic (exact) mass is 311 g/mol. The first-order valence-electron chi connectivity index (χ1n) is 7.66. The predicted molar refractivity (Wildman–Crippen MR) is 85.8 cm³/mol. The maximum Gasteiger partial charge on any atom is 0.255 e. The van der Waals surface area contributed by atoms with E-state index < -0.39 is 0 Å². The Hall–Kier alpha value is -2.69. The third-order valence-electron chi connectivity index (χ3n) is 4.22. The van der Waals surface area contributed by atoms with Crippen LogP contribution in [0.1, 0.15) is 21.5 Å². The van der Waals surface area contributed by atoms with Gasteiger partial charge >= 0.3 is 0 Å². The molecule has 2 heterocycles. The molecule has 5 heteroatoms. The van der Waals surface area contributed by atoms with Crippen LogP contribution in [-0.4, -0.2) is 26.2 Å². The number of rotatable bonds is 3. The average molecular weight is 311 g/mol. The number of methoxy groups -OCH3 is 1. The van der Waals surface area contributed by atoms with Crippen LogP contribution in [0.4, 0.5) is 5.69 Å². The van der Waals surface area contributed by atoms with Crippen LogP contribution >= 0.6 is 0 Å². The van der Waals surface area contributed by atoms with Gasteiger partial charge in [0.25, 0.3) is 5.91 Å². The van der Waals surface area contributed by atoms with Crippen LogP contribution in [0.25, 0.3) is 0 Å². The first-order chi connectivity index (χ1) is 11.3. The van der Waals surface area contributed by atoms with E-state index in [9.17, 15) is 4.79 Å². The number of nitrogens with one attached hydrogen (secondary N) is 1. The quantitative estimate of drug-likeness (QED) is 0.947. The van der Waals surface area contributed by atoms with Gasteiger partial charge < -0.3 is 19.5 Å². The lowest BCUT2D eigenvalue weighted by Gasteiger charge is -2.14. The Morgan fingerprint density at radius 3 is 2.91 bits per heavy atom. The molecule has 1 N–H and O–H groups in total. The minimum Gasteiger partial charge on any atom is -0.497 e. The van der Waals surface area contributed by atoms with Crippen molar-refractivity contribution in [1.82, 2.24) is 0 Å². The van der Waals surface area contributed by atoms with Crippen LogP contribution in [0.2, 0.25) is 0 Å². The van der Waals surface area contributed by atoms with Gasteiger partial charge in [0, 0.05) is 29.5 Å². The van der Waals surface area contributed by atoms with Crippen molar-refractivity contribution in [3.05, 3.63) is 47.0 Å². The van der Waals surface area contributed by atoms with Gasteiger partial charge in [-0.2, -0.15) is 0 Å². The number of anilines is 1. The summed E-state index contributed by atoms with van der Waals surface area (Å²) in [6, 6.07) is 9.12. The van der Waals surface area contributed by atoms with Gasteiger partial charge in [0.1, 0.15) is 17.2 Å². The number of carbonyl (C=O) groups excluding carboxylic acids is 1. The molecule has 0 saturated carbocycles. The van der Waals surface area contributed by atoms with Gasteiger partial charge in [0.2, 0.25) is 0 Å². The molecule has 5 nitrogen and oxygen atoms in total. The zero-order valence-electron chi connectivity index (χ0n) is 12.8. The summed E-state index contributed by atoms with van der Waals surface area (Å²) in [5.41, 5.74) is 3.40. The summed E-state index contributed by atoms with van der Waals surface area (Å²) in [5.74, 6) is 2.11. The highest BCUT2D eigenvalue weighted by Gasteiger charge is 2.27. The van der Waals surface area contributed by atoms with Gasteiger partial charge in [0.05, 0.1) is 26.0 Å². The van der Waals surface area contributed by atoms with E-state index in [2.05, 4.69) is 5.32 Å². The summed E-state index contributed by atoms with van der Waals surface area (Å²) in [5, 5.41) is 3.01. The van der Waals surface area contributed by atoms with Crippen molar-refractivity contribution in [3.8, 4) is 17.2 Å². The highest BCUT2D eigenvalue weighted by atomic mass is 16.5. The van der Waals surface area contributed by atoms with Crippen molar-refractivity contribution in [2.75, 3.05) is 25.6 Å². The van der Waals surface area contributed by atoms with Gasteiger partial charge in [-0.25, -0.2) is 0 Å². The topological polar surface area (TPSA) is 56.8 Å². The zero-order valence-corrected chi connectivity index (χ0v) is 12.8. The second-order valence-corrected chi connectivity index (χ2v) is 5.60. The third kappa shape index (κ3) is 2.38. The third-order valence-corrected chi connectivity index (χ3v) is 4.22. The van der Waals surface area contributed by atoms with E-state index in [0.29, 0.717) is 24.5 Å². The van der Waals surface area contributed by atoms with E-state index in [1.165, 1.54) is 0 Å². The maximum absolute atomic E-state index is 12.6. The number of hydrogen-bond donors (Lipinski definition) is 1. The highest BCUT2D eigenvalue weighted by Crippen LogP contribution is 2.44. The summed E-state index contributed by atoms with van der Waals surface area (Å²) < 4.78 is 16.6. The standard InChI is InChI=1S/C18H17NO4/c1-21-13-4-2-3-12(9-13)18(20)19-16-14-6-8-22-15(14)10-11-5-7-23-17(11)16/h2-4,9-10H,5-8H2,1H3,(H,19,20). The van der Waals surface area contributed by atoms with Crippen LogP contribution in [0.15, 0.2) is 30.3 Å². The summed E-state index contributed by atoms with van der Waals surface area (Å²) >= 11 is 0. The van der Waals surface area contributed by atoms with Crippen molar-refractivity contribution in [2.24, 2.45) is 0 Å². The van der Waals surface area contributed by atoms with Gasteiger partial charge in [-0.3, -0.25) is 4.79 Å². The first-order valence-corrected chi connectivity index (χ1v) is 7.66. The van der Waals surface area contributed by atoms with E-state index in [1.807, 2.05) is 12.1 Å².